The van der Waals surface area contributed by atoms with Crippen molar-refractivity contribution in [3.8, 4) is 11.8 Å². The van der Waals surface area contributed by atoms with Gasteiger partial charge >= 0.3 is 0 Å². The third kappa shape index (κ3) is 6.10. The van der Waals surface area contributed by atoms with E-state index in [0.29, 0.717) is 18.9 Å². The Hall–Kier alpha value is -1.75. The number of hydrogen-bond donors (Lipinski definition) is 1. The Bertz CT molecular complexity index is 434. The van der Waals surface area contributed by atoms with Crippen LogP contribution in [-0.2, 0) is 11.2 Å². The molecule has 1 aromatic carbocycles. The second-order valence-electron chi connectivity index (χ2n) is 4.83. The van der Waals surface area contributed by atoms with Gasteiger partial charge in [-0.25, -0.2) is 0 Å². The van der Waals surface area contributed by atoms with Crippen molar-refractivity contribution in [2.75, 3.05) is 6.54 Å². The zero-order valence-corrected chi connectivity index (χ0v) is 11.4. The number of carbonyl (C=O) groups is 1. The zero-order chi connectivity index (χ0) is 13.4. The van der Waals surface area contributed by atoms with Crippen LogP contribution in [0.1, 0.15) is 38.3 Å². The fourth-order valence-corrected chi connectivity index (χ4v) is 1.66. The Balaban J connectivity index is 2.43. The van der Waals surface area contributed by atoms with Gasteiger partial charge in [0.15, 0.2) is 0 Å². The van der Waals surface area contributed by atoms with E-state index in [-0.39, 0.29) is 5.91 Å². The first kappa shape index (κ1) is 14.3. The van der Waals surface area contributed by atoms with Crippen LogP contribution in [0, 0.1) is 17.8 Å². The molecule has 0 spiro atoms. The number of benzene rings is 1. The van der Waals surface area contributed by atoms with E-state index in [1.165, 1.54) is 12.5 Å². The summed E-state index contributed by atoms with van der Waals surface area (Å²) in [5.74, 6) is 6.83. The third-order valence-corrected chi connectivity index (χ3v) is 2.45. The maximum Gasteiger partial charge on any atom is 0.216 e. The van der Waals surface area contributed by atoms with Gasteiger partial charge in [-0.1, -0.05) is 37.8 Å². The summed E-state index contributed by atoms with van der Waals surface area (Å²) in [6, 6.07) is 8.39. The van der Waals surface area contributed by atoms with Gasteiger partial charge in [0.25, 0.3) is 0 Å². The molecule has 0 unspecified atom stereocenters. The SMILES string of the molecule is CC(=O)NCCC#Cc1ccc(CC(C)C)cc1. The van der Waals surface area contributed by atoms with Crippen LogP contribution in [0.15, 0.2) is 24.3 Å². The van der Waals surface area contributed by atoms with E-state index < -0.39 is 0 Å². The summed E-state index contributed by atoms with van der Waals surface area (Å²) in [6.45, 7) is 6.57. The maximum absolute atomic E-state index is 10.6. The van der Waals surface area contributed by atoms with Crippen LogP contribution < -0.4 is 5.32 Å². The average Bonchev–Trinajstić information content (AvgIpc) is 2.30. The molecule has 1 aromatic rings. The average molecular weight is 243 g/mol. The van der Waals surface area contributed by atoms with Gasteiger partial charge in [-0.2, -0.15) is 0 Å². The Kier molecular flexibility index (Phi) is 6.00. The lowest BCUT2D eigenvalue weighted by Crippen LogP contribution is -2.20. The Morgan fingerprint density at radius 2 is 1.94 bits per heavy atom. The summed E-state index contributed by atoms with van der Waals surface area (Å²) in [4.78, 5) is 10.6. The number of amides is 1. The van der Waals surface area contributed by atoms with Crippen molar-refractivity contribution >= 4 is 5.91 Å². The van der Waals surface area contributed by atoms with Gasteiger partial charge in [-0.3, -0.25) is 4.79 Å². The van der Waals surface area contributed by atoms with Crippen molar-refractivity contribution < 1.29 is 4.79 Å². The van der Waals surface area contributed by atoms with Gasteiger partial charge in [0, 0.05) is 25.5 Å². The largest absolute Gasteiger partial charge is 0.355 e. The van der Waals surface area contributed by atoms with Crippen LogP contribution in [0.25, 0.3) is 0 Å². The molecule has 1 N–H and O–H groups in total. The second-order valence-corrected chi connectivity index (χ2v) is 4.83. The topological polar surface area (TPSA) is 29.1 Å². The van der Waals surface area contributed by atoms with Crippen LogP contribution in [0.5, 0.6) is 0 Å². The molecule has 0 aliphatic carbocycles. The van der Waals surface area contributed by atoms with Crippen molar-refractivity contribution in [1.29, 1.82) is 0 Å². The molecule has 96 valence electrons. The molecule has 0 saturated carbocycles. The number of nitrogens with one attached hydrogen (secondary N) is 1. The molecule has 1 rings (SSSR count). The molecule has 0 aromatic heterocycles. The summed E-state index contributed by atoms with van der Waals surface area (Å²) in [6.07, 6.45) is 1.80. The van der Waals surface area contributed by atoms with Gasteiger partial charge in [0.05, 0.1) is 0 Å². The Morgan fingerprint density at radius 3 is 2.50 bits per heavy atom. The van der Waals surface area contributed by atoms with E-state index in [2.05, 4.69) is 55.3 Å². The maximum atomic E-state index is 10.6. The molecule has 0 radical (unpaired) electrons. The van der Waals surface area contributed by atoms with E-state index in [9.17, 15) is 4.79 Å². The quantitative estimate of drug-likeness (QED) is 0.639. The monoisotopic (exact) mass is 243 g/mol. The summed E-state index contributed by atoms with van der Waals surface area (Å²) < 4.78 is 0. The molecule has 0 aliphatic heterocycles. The molecule has 0 aliphatic rings. The third-order valence-electron chi connectivity index (χ3n) is 2.45. The first-order chi connectivity index (χ1) is 8.58. The highest BCUT2D eigenvalue weighted by Gasteiger charge is 1.96. The number of carbonyl (C=O) groups excluding carboxylic acids is 1. The van der Waals surface area contributed by atoms with Gasteiger partial charge < -0.3 is 5.32 Å². The van der Waals surface area contributed by atoms with Gasteiger partial charge in [0.1, 0.15) is 0 Å². The summed E-state index contributed by atoms with van der Waals surface area (Å²) in [7, 11) is 0. The van der Waals surface area contributed by atoms with Crippen LogP contribution in [0.2, 0.25) is 0 Å². The normalized spacial score (nSPS) is 9.78. The number of rotatable bonds is 4. The summed E-state index contributed by atoms with van der Waals surface area (Å²) in [5, 5.41) is 2.72. The molecule has 18 heavy (non-hydrogen) atoms. The second kappa shape index (κ2) is 7.55. The van der Waals surface area contributed by atoms with Crippen molar-refractivity contribution in [2.24, 2.45) is 5.92 Å². The predicted molar refractivity (Wildman–Crippen MR) is 75.2 cm³/mol. The first-order valence-electron chi connectivity index (χ1n) is 6.40. The molecule has 2 nitrogen and oxygen atoms in total. The minimum Gasteiger partial charge on any atom is -0.355 e. The van der Waals surface area contributed by atoms with Crippen molar-refractivity contribution in [2.45, 2.75) is 33.6 Å². The lowest BCUT2D eigenvalue weighted by molar-refractivity contribution is -0.118. The highest BCUT2D eigenvalue weighted by Crippen LogP contribution is 2.09. The molecule has 2 heteroatoms. The van der Waals surface area contributed by atoms with E-state index in [4.69, 9.17) is 0 Å². The van der Waals surface area contributed by atoms with E-state index in [0.717, 1.165) is 12.0 Å². The van der Waals surface area contributed by atoms with E-state index in [1.54, 1.807) is 0 Å². The van der Waals surface area contributed by atoms with Crippen molar-refractivity contribution in [1.82, 2.24) is 5.32 Å². The standard InChI is InChI=1S/C16H21NO/c1-13(2)12-16-9-7-15(8-10-16)6-4-5-11-17-14(3)18/h7-10,13H,5,11-12H2,1-3H3,(H,17,18). The molecule has 0 bridgehead atoms. The smallest absolute Gasteiger partial charge is 0.216 e. The van der Waals surface area contributed by atoms with Gasteiger partial charge in [-0.15, -0.1) is 0 Å². The molecule has 0 heterocycles. The highest BCUT2D eigenvalue weighted by molar-refractivity contribution is 5.72. The Morgan fingerprint density at radius 1 is 1.28 bits per heavy atom. The van der Waals surface area contributed by atoms with Crippen LogP contribution in [-0.4, -0.2) is 12.5 Å². The highest BCUT2D eigenvalue weighted by atomic mass is 16.1. The zero-order valence-electron chi connectivity index (χ0n) is 11.4. The minimum absolute atomic E-state index is 0.00478. The van der Waals surface area contributed by atoms with Gasteiger partial charge in [-0.05, 0) is 30.0 Å². The lowest BCUT2D eigenvalue weighted by atomic mass is 10.0. The molecule has 0 fully saturated rings. The van der Waals surface area contributed by atoms with Crippen molar-refractivity contribution in [3.63, 3.8) is 0 Å². The molecule has 0 atom stereocenters. The van der Waals surface area contributed by atoms with Gasteiger partial charge in [0.2, 0.25) is 5.91 Å². The fourth-order valence-electron chi connectivity index (χ4n) is 1.66. The molecular formula is C16H21NO. The van der Waals surface area contributed by atoms with E-state index >= 15 is 0 Å². The van der Waals surface area contributed by atoms with Crippen LogP contribution >= 0.6 is 0 Å². The Labute approximate surface area is 110 Å². The van der Waals surface area contributed by atoms with Crippen LogP contribution in [0.3, 0.4) is 0 Å². The molecule has 0 saturated heterocycles. The van der Waals surface area contributed by atoms with Crippen molar-refractivity contribution in [3.05, 3.63) is 35.4 Å². The minimum atomic E-state index is -0.00478. The molecular weight excluding hydrogens is 222 g/mol. The number of hydrogen-bond acceptors (Lipinski definition) is 1. The lowest BCUT2D eigenvalue weighted by Gasteiger charge is -2.04. The van der Waals surface area contributed by atoms with E-state index in [1.807, 2.05) is 0 Å². The molecule has 1 amide bonds. The summed E-state index contributed by atoms with van der Waals surface area (Å²) in [5.41, 5.74) is 2.39. The summed E-state index contributed by atoms with van der Waals surface area (Å²) >= 11 is 0. The van der Waals surface area contributed by atoms with Crippen LogP contribution in [0.4, 0.5) is 0 Å². The fraction of sp³-hybridized carbons (Fsp3) is 0.438. The predicted octanol–water partition coefficient (Wildman–Crippen LogP) is 2.76. The first-order valence-corrected chi connectivity index (χ1v) is 6.40.